The van der Waals surface area contributed by atoms with E-state index in [2.05, 4.69) is 34.0 Å². The van der Waals surface area contributed by atoms with Crippen LogP contribution in [0.3, 0.4) is 0 Å². The lowest BCUT2D eigenvalue weighted by Crippen LogP contribution is -2.28. The van der Waals surface area contributed by atoms with Crippen LogP contribution in [0.5, 0.6) is 0 Å². The van der Waals surface area contributed by atoms with Crippen LogP contribution in [0.2, 0.25) is 0 Å². The summed E-state index contributed by atoms with van der Waals surface area (Å²) in [6.45, 7) is 2.01. The average Bonchev–Trinajstić information content (AvgIpc) is 3.24. The van der Waals surface area contributed by atoms with Gasteiger partial charge in [-0.3, -0.25) is 4.79 Å². The Bertz CT molecular complexity index is 690. The Morgan fingerprint density at radius 2 is 1.86 bits per heavy atom. The van der Waals surface area contributed by atoms with Gasteiger partial charge in [0.25, 0.3) is 0 Å². The van der Waals surface area contributed by atoms with Crippen LogP contribution in [0.1, 0.15) is 24.0 Å². The normalized spacial score (nSPS) is 15.5. The molecule has 0 bridgehead atoms. The number of carbonyl (C=O) groups is 1. The van der Waals surface area contributed by atoms with E-state index in [1.165, 1.54) is 3.57 Å². The molecule has 4 heteroatoms. The van der Waals surface area contributed by atoms with Crippen molar-refractivity contribution in [1.29, 1.82) is 0 Å². The number of halogens is 1. The first-order valence-electron chi connectivity index (χ1n) is 6.95. The Morgan fingerprint density at radius 3 is 2.43 bits per heavy atom. The van der Waals surface area contributed by atoms with Crippen LogP contribution >= 0.6 is 22.6 Å². The third kappa shape index (κ3) is 2.77. The van der Waals surface area contributed by atoms with E-state index in [-0.39, 0.29) is 11.3 Å². The van der Waals surface area contributed by atoms with Crippen LogP contribution in [0, 0.1) is 10.5 Å². The van der Waals surface area contributed by atoms with Crippen molar-refractivity contribution in [3.63, 3.8) is 0 Å². The minimum Gasteiger partial charge on any atom is -0.399 e. The van der Waals surface area contributed by atoms with E-state index in [1.54, 1.807) is 0 Å². The molecule has 0 atom stereocenters. The van der Waals surface area contributed by atoms with Crippen LogP contribution < -0.4 is 11.1 Å². The van der Waals surface area contributed by atoms with E-state index < -0.39 is 0 Å². The first-order valence-corrected chi connectivity index (χ1v) is 8.03. The van der Waals surface area contributed by atoms with Gasteiger partial charge in [-0.05, 0) is 83.8 Å². The number of hydrogen-bond donors (Lipinski definition) is 2. The summed E-state index contributed by atoms with van der Waals surface area (Å²) in [5.74, 6) is 0.0802. The monoisotopic (exact) mass is 392 g/mol. The molecule has 0 aliphatic heterocycles. The molecule has 3 rings (SSSR count). The maximum Gasteiger partial charge on any atom is 0.235 e. The summed E-state index contributed by atoms with van der Waals surface area (Å²) in [5.41, 5.74) is 9.11. The second-order valence-electron chi connectivity index (χ2n) is 5.62. The van der Waals surface area contributed by atoms with E-state index in [1.807, 2.05) is 43.3 Å². The van der Waals surface area contributed by atoms with Gasteiger partial charge in [-0.15, -0.1) is 0 Å². The van der Waals surface area contributed by atoms with Gasteiger partial charge >= 0.3 is 0 Å². The van der Waals surface area contributed by atoms with E-state index >= 15 is 0 Å². The highest BCUT2D eigenvalue weighted by Gasteiger charge is 2.51. The van der Waals surface area contributed by atoms with E-state index in [9.17, 15) is 4.79 Å². The molecule has 0 heterocycles. The second kappa shape index (κ2) is 5.33. The van der Waals surface area contributed by atoms with Gasteiger partial charge in [0.1, 0.15) is 0 Å². The van der Waals surface area contributed by atoms with E-state index in [0.29, 0.717) is 0 Å². The molecular weight excluding hydrogens is 375 g/mol. The molecule has 1 amide bonds. The first-order chi connectivity index (χ1) is 10.0. The third-order valence-electron chi connectivity index (χ3n) is 4.08. The highest BCUT2D eigenvalue weighted by atomic mass is 127. The molecule has 0 saturated heterocycles. The number of nitrogens with one attached hydrogen (secondary N) is 1. The number of nitrogens with two attached hydrogens (primary N) is 1. The topological polar surface area (TPSA) is 55.1 Å². The Balaban J connectivity index is 1.83. The number of amides is 1. The molecule has 1 aliphatic rings. The molecule has 0 spiro atoms. The molecule has 3 N–H and O–H groups in total. The molecule has 0 unspecified atom stereocenters. The van der Waals surface area contributed by atoms with Crippen LogP contribution in [-0.2, 0) is 10.2 Å². The number of rotatable bonds is 3. The van der Waals surface area contributed by atoms with Crippen molar-refractivity contribution in [2.45, 2.75) is 25.2 Å². The Hall–Kier alpha value is -1.56. The van der Waals surface area contributed by atoms with Crippen molar-refractivity contribution < 1.29 is 4.79 Å². The van der Waals surface area contributed by atoms with Gasteiger partial charge in [0.05, 0.1) is 5.41 Å². The summed E-state index contributed by atoms with van der Waals surface area (Å²) < 4.78 is 1.17. The molecule has 0 radical (unpaired) electrons. The molecule has 2 aromatic carbocycles. The van der Waals surface area contributed by atoms with Crippen molar-refractivity contribution >= 4 is 39.9 Å². The van der Waals surface area contributed by atoms with Crippen LogP contribution in [0.15, 0.2) is 42.5 Å². The lowest BCUT2D eigenvalue weighted by atomic mass is 9.94. The number of aryl methyl sites for hydroxylation is 1. The number of anilines is 2. The van der Waals surface area contributed by atoms with Gasteiger partial charge < -0.3 is 11.1 Å². The Kier molecular flexibility index (Phi) is 3.65. The summed E-state index contributed by atoms with van der Waals surface area (Å²) in [4.78, 5) is 12.7. The van der Waals surface area contributed by atoms with Gasteiger partial charge in [-0.1, -0.05) is 12.1 Å². The smallest absolute Gasteiger partial charge is 0.235 e. The minimum atomic E-state index is -0.372. The summed E-state index contributed by atoms with van der Waals surface area (Å²) >= 11 is 2.27. The van der Waals surface area contributed by atoms with Gasteiger partial charge in [0.15, 0.2) is 0 Å². The van der Waals surface area contributed by atoms with Crippen LogP contribution in [-0.4, -0.2) is 5.91 Å². The fraction of sp³-hybridized carbons (Fsp3) is 0.235. The predicted octanol–water partition coefficient (Wildman–Crippen LogP) is 3.85. The zero-order valence-electron chi connectivity index (χ0n) is 11.8. The maximum absolute atomic E-state index is 12.7. The minimum absolute atomic E-state index is 0.0802. The molecule has 21 heavy (non-hydrogen) atoms. The highest BCUT2D eigenvalue weighted by molar-refractivity contribution is 14.1. The molecule has 1 aliphatic carbocycles. The van der Waals surface area contributed by atoms with Crippen LogP contribution in [0.4, 0.5) is 11.4 Å². The van der Waals surface area contributed by atoms with Crippen molar-refractivity contribution in [3.05, 3.63) is 57.2 Å². The van der Waals surface area contributed by atoms with Gasteiger partial charge in [-0.25, -0.2) is 0 Å². The lowest BCUT2D eigenvalue weighted by molar-refractivity contribution is -0.118. The Labute approximate surface area is 138 Å². The molecule has 0 aromatic heterocycles. The van der Waals surface area contributed by atoms with E-state index in [0.717, 1.165) is 35.3 Å². The van der Waals surface area contributed by atoms with Crippen LogP contribution in [0.25, 0.3) is 0 Å². The van der Waals surface area contributed by atoms with Crippen molar-refractivity contribution in [1.82, 2.24) is 0 Å². The van der Waals surface area contributed by atoms with Gasteiger partial charge in [0, 0.05) is 14.9 Å². The fourth-order valence-corrected chi connectivity index (χ4v) is 3.23. The van der Waals surface area contributed by atoms with Crippen molar-refractivity contribution in [3.8, 4) is 0 Å². The number of hydrogen-bond acceptors (Lipinski definition) is 2. The quantitative estimate of drug-likeness (QED) is 0.616. The number of benzene rings is 2. The third-order valence-corrected chi connectivity index (χ3v) is 4.76. The Morgan fingerprint density at radius 1 is 1.19 bits per heavy atom. The SMILES string of the molecule is Cc1cc(I)ccc1NC(=O)C1(c2ccc(N)cc2)CC1. The van der Waals surface area contributed by atoms with Crippen molar-refractivity contribution in [2.75, 3.05) is 11.1 Å². The molecule has 1 fully saturated rings. The number of nitrogen functional groups attached to an aromatic ring is 1. The largest absolute Gasteiger partial charge is 0.399 e. The summed E-state index contributed by atoms with van der Waals surface area (Å²) in [6.07, 6.45) is 1.79. The first kappa shape index (κ1) is 14.4. The molecule has 1 saturated carbocycles. The van der Waals surface area contributed by atoms with Crippen molar-refractivity contribution in [2.24, 2.45) is 0 Å². The summed E-state index contributed by atoms with van der Waals surface area (Å²) in [7, 11) is 0. The average molecular weight is 392 g/mol. The zero-order chi connectivity index (χ0) is 15.0. The second-order valence-corrected chi connectivity index (χ2v) is 6.86. The van der Waals surface area contributed by atoms with Gasteiger partial charge in [0.2, 0.25) is 5.91 Å². The number of carbonyl (C=O) groups excluding carboxylic acids is 1. The standard InChI is InChI=1S/C17H17IN2O/c1-11-10-13(18)4-7-15(11)20-16(21)17(8-9-17)12-2-5-14(19)6-3-12/h2-7,10H,8-9,19H2,1H3,(H,20,21). The van der Waals surface area contributed by atoms with Gasteiger partial charge in [-0.2, -0.15) is 0 Å². The summed E-state index contributed by atoms with van der Waals surface area (Å²) in [5, 5.41) is 3.08. The maximum atomic E-state index is 12.7. The molecule has 2 aromatic rings. The molecule has 3 nitrogen and oxygen atoms in total. The molecular formula is C17H17IN2O. The predicted molar refractivity (Wildman–Crippen MR) is 94.3 cm³/mol. The zero-order valence-corrected chi connectivity index (χ0v) is 14.0. The fourth-order valence-electron chi connectivity index (χ4n) is 2.58. The summed E-state index contributed by atoms with van der Waals surface area (Å²) in [6, 6.07) is 13.7. The lowest BCUT2D eigenvalue weighted by Gasteiger charge is -2.17. The van der Waals surface area contributed by atoms with E-state index in [4.69, 9.17) is 5.73 Å². The highest BCUT2D eigenvalue weighted by Crippen LogP contribution is 2.49. The molecule has 108 valence electrons.